The van der Waals surface area contributed by atoms with E-state index in [1.807, 2.05) is 84.9 Å². The number of furan rings is 1. The van der Waals surface area contributed by atoms with E-state index >= 15 is 0 Å². The smallest absolute Gasteiger partial charge is 0.166 e. The van der Waals surface area contributed by atoms with Crippen LogP contribution in [-0.4, -0.2) is 19.5 Å². The summed E-state index contributed by atoms with van der Waals surface area (Å²) < 4.78 is 9.24. The molecule has 0 amide bonds. The minimum atomic E-state index is -0.191. The molecule has 6 heteroatoms. The van der Waals surface area contributed by atoms with Crippen molar-refractivity contribution >= 4 is 43.7 Å². The molecule has 0 fully saturated rings. The van der Waals surface area contributed by atoms with Crippen LogP contribution in [0.5, 0.6) is 0 Å². The molecule has 0 spiro atoms. The van der Waals surface area contributed by atoms with Crippen molar-refractivity contribution in [3.05, 3.63) is 168 Å². The zero-order valence-electron chi connectivity index (χ0n) is 30.1. The SMILES string of the molecule is CC1(C)c2ccccc2-c2c1ccc1c3ccccc3n(-c3cc(C#N)c(-c4nc(-c5ccccc5)nc(-c5ccccc5)n4)c4c3oc3ccccc34)c21. The van der Waals surface area contributed by atoms with Crippen molar-refractivity contribution in [2.75, 3.05) is 0 Å². The van der Waals surface area contributed by atoms with E-state index in [1.165, 1.54) is 22.3 Å². The van der Waals surface area contributed by atoms with Gasteiger partial charge < -0.3 is 8.98 Å². The van der Waals surface area contributed by atoms with Gasteiger partial charge in [-0.25, -0.2) is 15.0 Å². The molecule has 0 bridgehead atoms. The van der Waals surface area contributed by atoms with Crippen molar-refractivity contribution in [2.24, 2.45) is 0 Å². The molecule has 0 saturated carbocycles. The number of para-hydroxylation sites is 2. The lowest BCUT2D eigenvalue weighted by molar-refractivity contribution is 0.660. The number of benzene rings is 7. The van der Waals surface area contributed by atoms with Gasteiger partial charge in [-0.1, -0.05) is 147 Å². The largest absolute Gasteiger partial charge is 0.454 e. The number of nitriles is 1. The molecule has 0 aliphatic heterocycles. The Hall–Kier alpha value is -7.36. The highest BCUT2D eigenvalue weighted by Gasteiger charge is 2.38. The Balaban J connectivity index is 1.29. The Labute approximate surface area is 316 Å². The van der Waals surface area contributed by atoms with Gasteiger partial charge in [-0.15, -0.1) is 0 Å². The number of nitrogens with zero attached hydrogens (tertiary/aromatic N) is 5. The fourth-order valence-electron chi connectivity index (χ4n) is 8.78. The van der Waals surface area contributed by atoms with Gasteiger partial charge >= 0.3 is 0 Å². The fourth-order valence-corrected chi connectivity index (χ4v) is 8.78. The lowest BCUT2D eigenvalue weighted by Gasteiger charge is -2.21. The molecule has 0 saturated heterocycles. The monoisotopic (exact) mass is 705 g/mol. The van der Waals surface area contributed by atoms with Gasteiger partial charge in [0, 0.05) is 49.2 Å². The van der Waals surface area contributed by atoms with Crippen LogP contribution in [0.2, 0.25) is 0 Å². The summed E-state index contributed by atoms with van der Waals surface area (Å²) in [5.74, 6) is 1.46. The molecule has 1 aliphatic rings. The number of hydrogen-bond donors (Lipinski definition) is 0. The fraction of sp³-hybridized carbons (Fsp3) is 0.0612. The van der Waals surface area contributed by atoms with E-state index in [9.17, 15) is 5.26 Å². The lowest BCUT2D eigenvalue weighted by Crippen LogP contribution is -2.14. The zero-order chi connectivity index (χ0) is 36.8. The van der Waals surface area contributed by atoms with Crippen molar-refractivity contribution in [3.8, 4) is 57.0 Å². The van der Waals surface area contributed by atoms with Gasteiger partial charge in [-0.2, -0.15) is 5.26 Å². The summed E-state index contributed by atoms with van der Waals surface area (Å²) in [4.78, 5) is 15.1. The quantitative estimate of drug-likeness (QED) is 0.182. The third kappa shape index (κ3) is 4.44. The number of fused-ring (bicyclic) bond motifs is 10. The molecule has 10 aromatic rings. The van der Waals surface area contributed by atoms with Gasteiger partial charge in [-0.05, 0) is 34.9 Å². The summed E-state index contributed by atoms with van der Waals surface area (Å²) in [5.41, 5.74) is 11.9. The molecular formula is C49H31N5O. The average molecular weight is 706 g/mol. The predicted molar refractivity (Wildman–Crippen MR) is 220 cm³/mol. The summed E-state index contributed by atoms with van der Waals surface area (Å²) in [6.07, 6.45) is 0. The topological polar surface area (TPSA) is 80.5 Å². The van der Waals surface area contributed by atoms with E-state index in [1.54, 1.807) is 0 Å². The number of hydrogen-bond acceptors (Lipinski definition) is 5. The summed E-state index contributed by atoms with van der Waals surface area (Å²) in [7, 11) is 0. The second-order valence-corrected chi connectivity index (χ2v) is 14.7. The molecule has 6 nitrogen and oxygen atoms in total. The van der Waals surface area contributed by atoms with Gasteiger partial charge in [-0.3, -0.25) is 0 Å². The van der Waals surface area contributed by atoms with Crippen LogP contribution in [0.1, 0.15) is 30.5 Å². The first-order valence-corrected chi connectivity index (χ1v) is 18.4. The number of rotatable bonds is 4. The van der Waals surface area contributed by atoms with Crippen LogP contribution < -0.4 is 0 Å². The third-order valence-corrected chi connectivity index (χ3v) is 11.3. The Morgan fingerprint density at radius 1 is 0.582 bits per heavy atom. The normalized spacial score (nSPS) is 13.0. The Morgan fingerprint density at radius 3 is 1.93 bits per heavy atom. The van der Waals surface area contributed by atoms with Crippen LogP contribution in [0.4, 0.5) is 0 Å². The first-order valence-electron chi connectivity index (χ1n) is 18.4. The minimum Gasteiger partial charge on any atom is -0.454 e. The summed E-state index contributed by atoms with van der Waals surface area (Å²) >= 11 is 0. The van der Waals surface area contributed by atoms with Crippen LogP contribution in [-0.2, 0) is 5.41 Å². The maximum absolute atomic E-state index is 11.2. The molecule has 3 aromatic heterocycles. The Morgan fingerprint density at radius 2 is 1.20 bits per heavy atom. The predicted octanol–water partition coefficient (Wildman–Crippen LogP) is 12.0. The highest BCUT2D eigenvalue weighted by atomic mass is 16.3. The van der Waals surface area contributed by atoms with E-state index in [0.717, 1.165) is 49.4 Å². The minimum absolute atomic E-state index is 0.191. The zero-order valence-corrected chi connectivity index (χ0v) is 30.1. The Bertz CT molecular complexity index is 3180. The number of aromatic nitrogens is 4. The summed E-state index contributed by atoms with van der Waals surface area (Å²) in [5, 5.41) is 15.1. The van der Waals surface area contributed by atoms with Gasteiger partial charge in [0.25, 0.3) is 0 Å². The molecule has 11 rings (SSSR count). The van der Waals surface area contributed by atoms with Crippen molar-refractivity contribution < 1.29 is 4.42 Å². The molecule has 0 radical (unpaired) electrons. The molecule has 0 unspecified atom stereocenters. The Kier molecular flexibility index (Phi) is 6.56. The molecule has 0 N–H and O–H groups in total. The summed E-state index contributed by atoms with van der Waals surface area (Å²) in [6.45, 7) is 4.61. The first-order chi connectivity index (χ1) is 27.0. The van der Waals surface area contributed by atoms with E-state index in [-0.39, 0.29) is 5.41 Å². The average Bonchev–Trinajstić information content (AvgIpc) is 3.87. The van der Waals surface area contributed by atoms with E-state index in [0.29, 0.717) is 39.8 Å². The van der Waals surface area contributed by atoms with Crippen molar-refractivity contribution in [1.29, 1.82) is 5.26 Å². The van der Waals surface area contributed by atoms with Crippen molar-refractivity contribution in [1.82, 2.24) is 19.5 Å². The second-order valence-electron chi connectivity index (χ2n) is 14.7. The van der Waals surface area contributed by atoms with Gasteiger partial charge in [0.15, 0.2) is 23.1 Å². The van der Waals surface area contributed by atoms with Crippen molar-refractivity contribution in [3.63, 3.8) is 0 Å². The van der Waals surface area contributed by atoms with E-state index < -0.39 is 0 Å². The molecule has 55 heavy (non-hydrogen) atoms. The van der Waals surface area contributed by atoms with Crippen LogP contribution in [0, 0.1) is 11.3 Å². The van der Waals surface area contributed by atoms with Crippen LogP contribution >= 0.6 is 0 Å². The third-order valence-electron chi connectivity index (χ3n) is 11.3. The standard InChI is InChI=1S/C49H31N5O/c1-49(2)36-22-12-9-20-34(36)42-37(49)26-25-33-32-19-10-13-23-38(32)54(44(33)42)39-27-31(28-50)41(43-35-21-11-14-24-40(35)55-45(39)43)48-52-46(29-15-5-3-6-16-29)51-47(53-48)30-17-7-4-8-18-30/h3-27H,1-2H3. The van der Waals surface area contributed by atoms with Crippen LogP contribution in [0.3, 0.4) is 0 Å². The van der Waals surface area contributed by atoms with E-state index in [2.05, 4.69) is 91.2 Å². The molecular weight excluding hydrogens is 675 g/mol. The summed E-state index contributed by atoms with van der Waals surface area (Å²) in [6, 6.07) is 54.2. The van der Waals surface area contributed by atoms with Gasteiger partial charge in [0.1, 0.15) is 5.58 Å². The van der Waals surface area contributed by atoms with Crippen molar-refractivity contribution in [2.45, 2.75) is 19.3 Å². The van der Waals surface area contributed by atoms with Gasteiger partial charge in [0.2, 0.25) is 0 Å². The highest BCUT2D eigenvalue weighted by Crippen LogP contribution is 2.53. The maximum atomic E-state index is 11.2. The molecule has 7 aromatic carbocycles. The lowest BCUT2D eigenvalue weighted by atomic mass is 9.82. The molecule has 1 aliphatic carbocycles. The van der Waals surface area contributed by atoms with Crippen LogP contribution in [0.25, 0.3) is 94.7 Å². The maximum Gasteiger partial charge on any atom is 0.166 e. The first kappa shape index (κ1) is 31.2. The molecule has 3 heterocycles. The highest BCUT2D eigenvalue weighted by molar-refractivity contribution is 6.19. The molecule has 0 atom stereocenters. The second kappa shape index (κ2) is 11.6. The molecule has 258 valence electrons. The van der Waals surface area contributed by atoms with Crippen LogP contribution in [0.15, 0.2) is 156 Å². The van der Waals surface area contributed by atoms with E-state index in [4.69, 9.17) is 19.4 Å². The van der Waals surface area contributed by atoms with Gasteiger partial charge in [0.05, 0.1) is 28.4 Å².